The molecule has 0 aromatic rings. The van der Waals surface area contributed by atoms with Gasteiger partial charge in [0.1, 0.15) is 13.2 Å². The van der Waals surface area contributed by atoms with Crippen molar-refractivity contribution < 1.29 is 28.5 Å². The highest BCUT2D eigenvalue weighted by molar-refractivity contribution is 5.96. The molecule has 0 aromatic heterocycles. The summed E-state index contributed by atoms with van der Waals surface area (Å²) >= 11 is 0. The molecule has 1 N–H and O–H groups in total. The van der Waals surface area contributed by atoms with Crippen LogP contribution in [0, 0.1) is 0 Å². The number of carbonyl (C=O) groups is 2. The van der Waals surface area contributed by atoms with Crippen LogP contribution in [0.15, 0.2) is 0 Å². The van der Waals surface area contributed by atoms with Crippen molar-refractivity contribution in [2.24, 2.45) is 0 Å². The summed E-state index contributed by atoms with van der Waals surface area (Å²) in [6.45, 7) is 6.11. The minimum Gasteiger partial charge on any atom is -0.379 e. The van der Waals surface area contributed by atoms with Gasteiger partial charge in [0, 0.05) is 13.2 Å². The van der Waals surface area contributed by atoms with Crippen LogP contribution in [-0.2, 0) is 28.5 Å². The highest BCUT2D eigenvalue weighted by Gasteiger charge is 2.07. The fourth-order valence-corrected chi connectivity index (χ4v) is 1.08. The molecule has 0 spiro atoms. The van der Waals surface area contributed by atoms with Gasteiger partial charge in [-0.25, -0.2) is 0 Å². The summed E-state index contributed by atoms with van der Waals surface area (Å²) in [4.78, 5) is 22.5. The average molecular weight is 277 g/mol. The molecule has 7 heteroatoms. The van der Waals surface area contributed by atoms with Crippen molar-refractivity contribution >= 4 is 11.8 Å². The highest BCUT2D eigenvalue weighted by atomic mass is 16.5. The summed E-state index contributed by atoms with van der Waals surface area (Å²) in [6.07, 6.45) is 0. The molecule has 112 valence electrons. The highest BCUT2D eigenvalue weighted by Crippen LogP contribution is 1.81. The van der Waals surface area contributed by atoms with Crippen molar-refractivity contribution in [3.63, 3.8) is 0 Å². The molecule has 0 fully saturated rings. The smallest absolute Gasteiger partial charge is 0.252 e. The molecule has 19 heavy (non-hydrogen) atoms. The quantitative estimate of drug-likeness (QED) is 0.495. The van der Waals surface area contributed by atoms with E-state index in [9.17, 15) is 9.59 Å². The summed E-state index contributed by atoms with van der Waals surface area (Å²) in [6, 6.07) is 0. The number of carbonyl (C=O) groups excluding carboxylic acids is 2. The van der Waals surface area contributed by atoms with Crippen LogP contribution in [0.5, 0.6) is 0 Å². The summed E-state index contributed by atoms with van der Waals surface area (Å²) in [7, 11) is 0. The number of imide groups is 1. The minimum absolute atomic E-state index is 0.169. The van der Waals surface area contributed by atoms with Crippen LogP contribution >= 0.6 is 0 Å². The molecule has 0 bridgehead atoms. The van der Waals surface area contributed by atoms with Crippen molar-refractivity contribution in [2.45, 2.75) is 13.8 Å². The Morgan fingerprint density at radius 2 is 1.11 bits per heavy atom. The molecule has 2 amide bonds. The molecule has 0 aliphatic carbocycles. The predicted molar refractivity (Wildman–Crippen MR) is 67.8 cm³/mol. The first-order valence-electron chi connectivity index (χ1n) is 6.34. The van der Waals surface area contributed by atoms with E-state index in [-0.39, 0.29) is 13.2 Å². The molecule has 0 aromatic carbocycles. The van der Waals surface area contributed by atoms with Crippen molar-refractivity contribution in [3.05, 3.63) is 0 Å². The third kappa shape index (κ3) is 13.2. The Labute approximate surface area is 113 Å². The largest absolute Gasteiger partial charge is 0.379 e. The minimum atomic E-state index is -0.491. The number of amides is 2. The Bertz CT molecular complexity index is 222. The van der Waals surface area contributed by atoms with Crippen molar-refractivity contribution in [1.29, 1.82) is 0 Å². The summed E-state index contributed by atoms with van der Waals surface area (Å²) < 4.78 is 20.1. The SMILES string of the molecule is CCOCCOCC(=O)NC(=O)COCCOCC. The zero-order valence-electron chi connectivity index (χ0n) is 11.6. The molecular weight excluding hydrogens is 254 g/mol. The van der Waals surface area contributed by atoms with E-state index in [4.69, 9.17) is 18.9 Å². The van der Waals surface area contributed by atoms with E-state index >= 15 is 0 Å². The van der Waals surface area contributed by atoms with Gasteiger partial charge < -0.3 is 18.9 Å². The van der Waals surface area contributed by atoms with Gasteiger partial charge in [0.15, 0.2) is 0 Å². The van der Waals surface area contributed by atoms with Gasteiger partial charge in [0.05, 0.1) is 26.4 Å². The number of hydrogen-bond acceptors (Lipinski definition) is 6. The molecule has 7 nitrogen and oxygen atoms in total. The van der Waals surface area contributed by atoms with E-state index in [1.54, 1.807) is 0 Å². The molecule has 0 aliphatic rings. The van der Waals surface area contributed by atoms with Gasteiger partial charge in [-0.2, -0.15) is 0 Å². The van der Waals surface area contributed by atoms with E-state index < -0.39 is 11.8 Å². The number of nitrogens with one attached hydrogen (secondary N) is 1. The Morgan fingerprint density at radius 3 is 1.47 bits per heavy atom. The normalized spacial score (nSPS) is 10.4. The Morgan fingerprint density at radius 1 is 0.737 bits per heavy atom. The maximum atomic E-state index is 11.2. The summed E-state index contributed by atoms with van der Waals surface area (Å²) in [5, 5.41) is 2.15. The molecule has 0 aliphatic heterocycles. The Hall–Kier alpha value is -1.02. The molecule has 0 atom stereocenters. The molecule has 0 unspecified atom stereocenters. The van der Waals surface area contributed by atoms with Gasteiger partial charge in [-0.15, -0.1) is 0 Å². The maximum absolute atomic E-state index is 11.2. The van der Waals surface area contributed by atoms with E-state index in [2.05, 4.69) is 5.32 Å². The standard InChI is InChI=1S/C12H23NO6/c1-3-16-5-7-18-9-11(14)13-12(15)10-19-8-6-17-4-2/h3-10H2,1-2H3,(H,13,14,15). The van der Waals surface area contributed by atoms with Gasteiger partial charge in [-0.3, -0.25) is 14.9 Å². The summed E-state index contributed by atoms with van der Waals surface area (Å²) in [5.74, 6) is -0.982. The maximum Gasteiger partial charge on any atom is 0.252 e. The second-order valence-electron chi connectivity index (χ2n) is 3.47. The molecule has 0 heterocycles. The zero-order chi connectivity index (χ0) is 14.3. The number of hydrogen-bond donors (Lipinski definition) is 1. The lowest BCUT2D eigenvalue weighted by molar-refractivity contribution is -0.136. The van der Waals surface area contributed by atoms with Crippen LogP contribution in [0.3, 0.4) is 0 Å². The topological polar surface area (TPSA) is 83.1 Å². The van der Waals surface area contributed by atoms with Crippen LogP contribution in [0.2, 0.25) is 0 Å². The van der Waals surface area contributed by atoms with E-state index in [1.165, 1.54) is 0 Å². The second-order valence-corrected chi connectivity index (χ2v) is 3.47. The van der Waals surface area contributed by atoms with E-state index in [0.29, 0.717) is 39.6 Å². The van der Waals surface area contributed by atoms with Crippen LogP contribution in [-0.4, -0.2) is 64.7 Å². The molecule has 0 rings (SSSR count). The lowest BCUT2D eigenvalue weighted by atomic mass is 10.5. The van der Waals surface area contributed by atoms with Crippen molar-refractivity contribution in [1.82, 2.24) is 5.32 Å². The lowest BCUT2D eigenvalue weighted by Gasteiger charge is -2.06. The Balaban J connectivity index is 3.40. The van der Waals surface area contributed by atoms with Crippen LogP contribution in [0.25, 0.3) is 0 Å². The molecule has 0 saturated carbocycles. The van der Waals surface area contributed by atoms with Gasteiger partial charge in [0.2, 0.25) is 0 Å². The van der Waals surface area contributed by atoms with Crippen molar-refractivity contribution in [2.75, 3.05) is 52.9 Å². The summed E-state index contributed by atoms with van der Waals surface area (Å²) in [5.41, 5.74) is 0. The van der Waals surface area contributed by atoms with E-state index in [1.807, 2.05) is 13.8 Å². The van der Waals surface area contributed by atoms with Gasteiger partial charge in [0.25, 0.3) is 11.8 Å². The second kappa shape index (κ2) is 13.4. The van der Waals surface area contributed by atoms with Crippen LogP contribution in [0.4, 0.5) is 0 Å². The lowest BCUT2D eigenvalue weighted by Crippen LogP contribution is -2.36. The van der Waals surface area contributed by atoms with Gasteiger partial charge in [-0.1, -0.05) is 0 Å². The third-order valence-electron chi connectivity index (χ3n) is 1.90. The van der Waals surface area contributed by atoms with Crippen LogP contribution < -0.4 is 5.32 Å². The number of ether oxygens (including phenoxy) is 4. The van der Waals surface area contributed by atoms with Crippen molar-refractivity contribution in [3.8, 4) is 0 Å². The predicted octanol–water partition coefficient (Wildman–Crippen LogP) is -0.265. The number of rotatable bonds is 12. The Kier molecular flexibility index (Phi) is 12.7. The molecular formula is C12H23NO6. The van der Waals surface area contributed by atoms with Gasteiger partial charge in [-0.05, 0) is 13.8 Å². The fourth-order valence-electron chi connectivity index (χ4n) is 1.08. The first-order valence-corrected chi connectivity index (χ1v) is 6.34. The first-order chi connectivity index (χ1) is 9.20. The third-order valence-corrected chi connectivity index (χ3v) is 1.90. The average Bonchev–Trinajstić information content (AvgIpc) is 2.38. The van der Waals surface area contributed by atoms with Gasteiger partial charge >= 0.3 is 0 Å². The monoisotopic (exact) mass is 277 g/mol. The van der Waals surface area contributed by atoms with Crippen LogP contribution in [0.1, 0.15) is 13.8 Å². The fraction of sp³-hybridized carbons (Fsp3) is 0.833. The zero-order valence-corrected chi connectivity index (χ0v) is 11.6. The van der Waals surface area contributed by atoms with E-state index in [0.717, 1.165) is 0 Å². The molecule has 0 radical (unpaired) electrons. The molecule has 0 saturated heterocycles. The first kappa shape index (κ1) is 18.0.